The Morgan fingerprint density at radius 3 is 2.67 bits per heavy atom. The predicted molar refractivity (Wildman–Crippen MR) is 109 cm³/mol. The van der Waals surface area contributed by atoms with Crippen LogP contribution in [0.15, 0.2) is 52.0 Å². The topological polar surface area (TPSA) is 43.1 Å². The van der Waals surface area contributed by atoms with Gasteiger partial charge in [0.15, 0.2) is 11.5 Å². The Kier molecular flexibility index (Phi) is 5.31. The molecular formula is C21H17Cl2NO2S. The molecule has 3 aromatic rings. The maximum atomic E-state index is 13.2. The first-order chi connectivity index (χ1) is 13.1. The quantitative estimate of drug-likeness (QED) is 0.343. The Morgan fingerprint density at radius 1 is 1.15 bits per heavy atom. The number of rotatable bonds is 6. The van der Waals surface area contributed by atoms with Gasteiger partial charge in [0.25, 0.3) is 0 Å². The molecule has 1 aliphatic carbocycles. The van der Waals surface area contributed by atoms with Gasteiger partial charge >= 0.3 is 0 Å². The summed E-state index contributed by atoms with van der Waals surface area (Å²) in [5.41, 5.74) is 3.23. The minimum atomic E-state index is -0.0421. The molecule has 1 aromatic heterocycles. The molecule has 0 radical (unpaired) electrons. The van der Waals surface area contributed by atoms with Crippen molar-refractivity contribution in [2.75, 3.05) is 6.26 Å². The van der Waals surface area contributed by atoms with E-state index in [1.165, 1.54) is 0 Å². The molecule has 138 valence electrons. The first kappa shape index (κ1) is 18.6. The first-order valence-corrected chi connectivity index (χ1v) is 10.7. The van der Waals surface area contributed by atoms with Gasteiger partial charge < -0.3 is 4.52 Å². The molecule has 0 unspecified atom stereocenters. The summed E-state index contributed by atoms with van der Waals surface area (Å²) in [6, 6.07) is 11.4. The van der Waals surface area contributed by atoms with Crippen LogP contribution >= 0.6 is 35.0 Å². The number of ketones is 1. The molecule has 2 aromatic carbocycles. The second kappa shape index (κ2) is 7.70. The molecule has 0 aliphatic heterocycles. The molecule has 4 rings (SSSR count). The Morgan fingerprint density at radius 2 is 1.93 bits per heavy atom. The van der Waals surface area contributed by atoms with Crippen molar-refractivity contribution in [1.82, 2.24) is 5.16 Å². The highest BCUT2D eigenvalue weighted by Crippen LogP contribution is 2.42. The van der Waals surface area contributed by atoms with Crippen molar-refractivity contribution in [3.63, 3.8) is 0 Å². The van der Waals surface area contributed by atoms with E-state index in [2.05, 4.69) is 5.16 Å². The van der Waals surface area contributed by atoms with Gasteiger partial charge in [-0.05, 0) is 42.7 Å². The number of aromatic nitrogens is 1. The molecule has 27 heavy (non-hydrogen) atoms. The van der Waals surface area contributed by atoms with Crippen LogP contribution in [0.3, 0.4) is 0 Å². The molecular weight excluding hydrogens is 401 g/mol. The number of hydrogen-bond donors (Lipinski definition) is 0. The molecule has 1 saturated carbocycles. The number of thioether (sulfide) groups is 1. The van der Waals surface area contributed by atoms with E-state index in [0.29, 0.717) is 39.3 Å². The maximum absolute atomic E-state index is 13.2. The zero-order valence-corrected chi connectivity index (χ0v) is 17.0. The monoisotopic (exact) mass is 417 g/mol. The fourth-order valence-corrected chi connectivity index (χ4v) is 4.56. The van der Waals surface area contributed by atoms with Crippen LogP contribution in [0.4, 0.5) is 0 Å². The van der Waals surface area contributed by atoms with Gasteiger partial charge in [-0.1, -0.05) is 58.7 Å². The first-order valence-electron chi connectivity index (χ1n) is 8.68. The van der Waals surface area contributed by atoms with E-state index < -0.39 is 0 Å². The number of halogens is 2. The standard InChI is InChI=1S/C21H17Cl2NO2S/c1-27-21-14(8-9-17(22)18(21)23)10-13-4-2-3-5-15(13)19(25)16-11-24-26-20(16)12-6-7-12/h2-5,8-9,11-12H,6-7,10H2,1H3. The molecule has 1 heterocycles. The molecule has 3 nitrogen and oxygen atoms in total. The zero-order chi connectivity index (χ0) is 19.0. The largest absolute Gasteiger partial charge is 0.360 e. The average Bonchev–Trinajstić information content (AvgIpc) is 3.41. The van der Waals surface area contributed by atoms with Gasteiger partial charge in [0.1, 0.15) is 0 Å². The van der Waals surface area contributed by atoms with Crippen LogP contribution in [-0.2, 0) is 6.42 Å². The highest BCUT2D eigenvalue weighted by Gasteiger charge is 2.33. The van der Waals surface area contributed by atoms with Gasteiger partial charge in [-0.25, -0.2) is 0 Å². The van der Waals surface area contributed by atoms with Crippen molar-refractivity contribution >= 4 is 40.7 Å². The summed E-state index contributed by atoms with van der Waals surface area (Å²) in [4.78, 5) is 14.1. The minimum Gasteiger partial charge on any atom is -0.360 e. The Hall–Kier alpha value is -1.75. The van der Waals surface area contributed by atoms with Crippen LogP contribution in [0.1, 0.15) is 51.6 Å². The second-order valence-electron chi connectivity index (χ2n) is 6.59. The second-order valence-corrected chi connectivity index (χ2v) is 8.20. The fourth-order valence-electron chi connectivity index (χ4n) is 3.24. The van der Waals surface area contributed by atoms with Crippen molar-refractivity contribution in [3.8, 4) is 0 Å². The summed E-state index contributed by atoms with van der Waals surface area (Å²) in [6.07, 6.45) is 6.21. The zero-order valence-electron chi connectivity index (χ0n) is 14.7. The lowest BCUT2D eigenvalue weighted by atomic mass is 9.94. The van der Waals surface area contributed by atoms with Crippen molar-refractivity contribution in [2.24, 2.45) is 0 Å². The van der Waals surface area contributed by atoms with Gasteiger partial charge in [0, 0.05) is 16.4 Å². The SMILES string of the molecule is CSc1c(Cc2ccccc2C(=O)c2cnoc2C2CC2)ccc(Cl)c1Cl. The third kappa shape index (κ3) is 3.66. The van der Waals surface area contributed by atoms with E-state index in [9.17, 15) is 4.79 Å². The molecule has 0 atom stereocenters. The summed E-state index contributed by atoms with van der Waals surface area (Å²) in [6.45, 7) is 0. The van der Waals surface area contributed by atoms with Crippen LogP contribution in [-0.4, -0.2) is 17.2 Å². The van der Waals surface area contributed by atoms with Gasteiger partial charge in [-0.3, -0.25) is 4.79 Å². The van der Waals surface area contributed by atoms with Gasteiger partial charge in [0.05, 0.1) is 21.8 Å². The number of benzene rings is 2. The van der Waals surface area contributed by atoms with Gasteiger partial charge in [0.2, 0.25) is 0 Å². The molecule has 0 N–H and O–H groups in total. The summed E-state index contributed by atoms with van der Waals surface area (Å²) in [5.74, 6) is 1.01. The van der Waals surface area contributed by atoms with Gasteiger partial charge in [-0.15, -0.1) is 11.8 Å². The van der Waals surface area contributed by atoms with Crippen LogP contribution in [0, 0.1) is 0 Å². The highest BCUT2D eigenvalue weighted by molar-refractivity contribution is 7.98. The van der Waals surface area contributed by atoms with Crippen molar-refractivity contribution < 1.29 is 9.32 Å². The van der Waals surface area contributed by atoms with Crippen molar-refractivity contribution in [1.29, 1.82) is 0 Å². The Balaban J connectivity index is 1.71. The maximum Gasteiger partial charge on any atom is 0.198 e. The number of carbonyl (C=O) groups is 1. The van der Waals surface area contributed by atoms with Gasteiger partial charge in [-0.2, -0.15) is 0 Å². The normalized spacial score (nSPS) is 13.7. The van der Waals surface area contributed by atoms with E-state index in [4.69, 9.17) is 27.7 Å². The van der Waals surface area contributed by atoms with E-state index in [1.807, 2.05) is 36.6 Å². The highest BCUT2D eigenvalue weighted by atomic mass is 35.5. The van der Waals surface area contributed by atoms with E-state index >= 15 is 0 Å². The lowest BCUT2D eigenvalue weighted by Gasteiger charge is -2.13. The summed E-state index contributed by atoms with van der Waals surface area (Å²) >= 11 is 14.1. The molecule has 6 heteroatoms. The lowest BCUT2D eigenvalue weighted by molar-refractivity contribution is 0.103. The predicted octanol–water partition coefficient (Wildman–Crippen LogP) is 6.40. The molecule has 0 spiro atoms. The lowest BCUT2D eigenvalue weighted by Crippen LogP contribution is -2.07. The Bertz CT molecular complexity index is 1010. The number of hydrogen-bond acceptors (Lipinski definition) is 4. The van der Waals surface area contributed by atoms with E-state index in [0.717, 1.165) is 28.9 Å². The molecule has 0 amide bonds. The molecule has 1 aliphatic rings. The van der Waals surface area contributed by atoms with Crippen LogP contribution in [0.25, 0.3) is 0 Å². The van der Waals surface area contributed by atoms with Crippen LogP contribution < -0.4 is 0 Å². The van der Waals surface area contributed by atoms with E-state index in [-0.39, 0.29) is 5.78 Å². The third-order valence-corrected chi connectivity index (χ3v) is 6.56. The Labute approximate surface area is 172 Å². The average molecular weight is 418 g/mol. The van der Waals surface area contributed by atoms with Crippen LogP contribution in [0.5, 0.6) is 0 Å². The van der Waals surface area contributed by atoms with Crippen molar-refractivity contribution in [2.45, 2.75) is 30.1 Å². The smallest absolute Gasteiger partial charge is 0.198 e. The molecule has 0 saturated heterocycles. The summed E-state index contributed by atoms with van der Waals surface area (Å²) < 4.78 is 5.35. The van der Waals surface area contributed by atoms with E-state index in [1.54, 1.807) is 24.0 Å². The summed E-state index contributed by atoms with van der Waals surface area (Å²) in [7, 11) is 0. The fraction of sp³-hybridized carbons (Fsp3) is 0.238. The van der Waals surface area contributed by atoms with Crippen molar-refractivity contribution in [3.05, 3.63) is 80.7 Å². The number of carbonyl (C=O) groups excluding carboxylic acids is 1. The molecule has 1 fully saturated rings. The molecule has 0 bridgehead atoms. The minimum absolute atomic E-state index is 0.0421. The third-order valence-electron chi connectivity index (χ3n) is 4.77. The van der Waals surface area contributed by atoms with Crippen LogP contribution in [0.2, 0.25) is 10.0 Å². The number of nitrogens with zero attached hydrogens (tertiary/aromatic N) is 1. The summed E-state index contributed by atoms with van der Waals surface area (Å²) in [5, 5.41) is 4.95.